The van der Waals surface area contributed by atoms with Crippen LogP contribution in [0.15, 0.2) is 156 Å². The molecule has 0 radical (unpaired) electrons. The molecule has 0 amide bonds. The maximum absolute atomic E-state index is 2.67. The van der Waals surface area contributed by atoms with Crippen LogP contribution in [0.2, 0.25) is 0 Å². The van der Waals surface area contributed by atoms with Gasteiger partial charge in [0.2, 0.25) is 0 Å². The predicted molar refractivity (Wildman–Crippen MR) is 304 cm³/mol. The summed E-state index contributed by atoms with van der Waals surface area (Å²) in [6, 6.07) is 56.1. The molecule has 0 fully saturated rings. The van der Waals surface area contributed by atoms with Crippen LogP contribution in [0.4, 0.5) is 34.1 Å². The molecule has 11 aromatic rings. The minimum atomic E-state index is -0.00306. The van der Waals surface area contributed by atoms with Crippen LogP contribution in [0, 0.1) is 0 Å². The summed E-state index contributed by atoms with van der Waals surface area (Å²) in [5.41, 5.74) is 18.1. The van der Waals surface area contributed by atoms with Crippen molar-refractivity contribution in [2.24, 2.45) is 0 Å². The van der Waals surface area contributed by atoms with Crippen molar-refractivity contribution in [1.82, 2.24) is 0 Å². The van der Waals surface area contributed by atoms with E-state index in [0.29, 0.717) is 5.92 Å². The lowest BCUT2D eigenvalue weighted by Crippen LogP contribution is -2.59. The zero-order valence-electron chi connectivity index (χ0n) is 39.7. The van der Waals surface area contributed by atoms with Gasteiger partial charge < -0.3 is 9.80 Å². The molecule has 0 saturated heterocycles. The number of benzene rings is 7. The highest BCUT2D eigenvalue weighted by Gasteiger charge is 2.47. The fourth-order valence-corrected chi connectivity index (χ4v) is 15.4. The number of thiophene rings is 4. The molecular formula is C61H51BN2S4. The molecule has 0 spiro atoms. The van der Waals surface area contributed by atoms with Crippen molar-refractivity contribution in [2.45, 2.75) is 72.1 Å². The molecule has 6 heterocycles. The van der Waals surface area contributed by atoms with Gasteiger partial charge in [-0.3, -0.25) is 0 Å². The van der Waals surface area contributed by atoms with E-state index in [1.165, 1.54) is 128 Å². The Bertz CT molecular complexity index is 3600. The van der Waals surface area contributed by atoms with E-state index >= 15 is 0 Å². The Labute approximate surface area is 415 Å². The van der Waals surface area contributed by atoms with Crippen LogP contribution >= 0.6 is 45.3 Å². The molecule has 0 saturated carbocycles. The topological polar surface area (TPSA) is 6.48 Å². The lowest BCUT2D eigenvalue weighted by atomic mass is 9.39. The third-order valence-electron chi connectivity index (χ3n) is 14.5. The first-order valence-corrected chi connectivity index (χ1v) is 27.2. The highest BCUT2D eigenvalue weighted by Crippen LogP contribution is 2.53. The molecule has 0 aliphatic carbocycles. The van der Waals surface area contributed by atoms with Crippen LogP contribution in [-0.4, -0.2) is 6.71 Å². The van der Waals surface area contributed by atoms with Crippen molar-refractivity contribution in [2.75, 3.05) is 9.80 Å². The second-order valence-electron chi connectivity index (χ2n) is 21.2. The van der Waals surface area contributed by atoms with Gasteiger partial charge >= 0.3 is 0 Å². The number of rotatable bonds is 5. The third-order valence-corrected chi connectivity index (χ3v) is 18.8. The van der Waals surface area contributed by atoms with Crippen molar-refractivity contribution in [3.63, 3.8) is 0 Å². The van der Waals surface area contributed by atoms with Gasteiger partial charge in [-0.2, -0.15) is 0 Å². The highest BCUT2D eigenvalue weighted by atomic mass is 32.1. The molecule has 2 aliphatic rings. The van der Waals surface area contributed by atoms with Crippen LogP contribution in [0.5, 0.6) is 0 Å². The molecule has 2 aliphatic heterocycles. The summed E-state index contributed by atoms with van der Waals surface area (Å²) >= 11 is 7.66. The standard InChI is InChI=1S/C61H51BN2S4/c1-35(2)38-29-49-55-50(30-38)64(42-18-14-16-37(28-42)48-34-66-52-22-12-10-20-44(48)52)57-46-32-40(61(6,7)8)24-26-54(46)68-59(57)62(55)58-56(45-31-39(60(3,4)5)23-25-53(45)67-58)63(49)41-17-13-15-36(27-41)47-33-65-51-21-11-9-19-43(47)51/h9-35H,1-8H3. The monoisotopic (exact) mass is 950 g/mol. The lowest BCUT2D eigenvalue weighted by molar-refractivity contribution is 0.591. The molecule has 0 unspecified atom stereocenters. The molecule has 13 rings (SSSR count). The Kier molecular flexibility index (Phi) is 9.47. The maximum atomic E-state index is 2.67. The van der Waals surface area contributed by atoms with Crippen molar-refractivity contribution >= 4 is 142 Å². The van der Waals surface area contributed by atoms with Gasteiger partial charge in [0.05, 0.1) is 11.4 Å². The van der Waals surface area contributed by atoms with Gasteiger partial charge in [-0.05, 0) is 134 Å². The number of hydrogen-bond donors (Lipinski definition) is 0. The SMILES string of the molecule is CC(C)c1cc2c3c(c1)N(c1cccc(-c4csc5ccccc45)c1)c1c(sc4ccc(C(C)(C)C)cc14)B3c1sc3ccc(C(C)(C)C)cc3c1N2c1cccc(-c2csc3ccccc23)c1. The van der Waals surface area contributed by atoms with Gasteiger partial charge in [0, 0.05) is 83.8 Å². The van der Waals surface area contributed by atoms with Gasteiger partial charge in [-0.25, -0.2) is 0 Å². The van der Waals surface area contributed by atoms with E-state index in [1.54, 1.807) is 0 Å². The fraction of sp³-hybridized carbons (Fsp3) is 0.180. The molecule has 7 aromatic carbocycles. The van der Waals surface area contributed by atoms with Crippen molar-refractivity contribution < 1.29 is 0 Å². The van der Waals surface area contributed by atoms with Gasteiger partial charge in [-0.15, -0.1) is 45.3 Å². The number of anilines is 6. The minimum Gasteiger partial charge on any atom is -0.310 e. The van der Waals surface area contributed by atoms with E-state index in [4.69, 9.17) is 0 Å². The average Bonchev–Trinajstić information content (AvgIpc) is 4.14. The van der Waals surface area contributed by atoms with E-state index < -0.39 is 0 Å². The average molecular weight is 951 g/mol. The Morgan fingerprint density at radius 1 is 0.456 bits per heavy atom. The smallest absolute Gasteiger partial charge is 0.277 e. The Balaban J connectivity index is 1.14. The zero-order chi connectivity index (χ0) is 46.4. The van der Waals surface area contributed by atoms with Gasteiger partial charge in [0.15, 0.2) is 0 Å². The number of nitrogens with zero attached hydrogens (tertiary/aromatic N) is 2. The molecule has 0 N–H and O–H groups in total. The van der Waals surface area contributed by atoms with Crippen LogP contribution in [0.3, 0.4) is 0 Å². The normalized spacial score (nSPS) is 13.6. The molecule has 7 heteroatoms. The summed E-state index contributed by atoms with van der Waals surface area (Å²) in [6.45, 7) is 18.8. The highest BCUT2D eigenvalue weighted by molar-refractivity contribution is 7.40. The Morgan fingerprint density at radius 3 is 1.35 bits per heavy atom. The summed E-state index contributed by atoms with van der Waals surface area (Å²) in [5.74, 6) is 0.298. The molecular weight excluding hydrogens is 900 g/mol. The van der Waals surface area contributed by atoms with E-state index in [-0.39, 0.29) is 17.5 Å². The number of fused-ring (bicyclic) bond motifs is 10. The van der Waals surface area contributed by atoms with Crippen LogP contribution in [-0.2, 0) is 10.8 Å². The lowest BCUT2D eigenvalue weighted by Gasteiger charge is -2.43. The summed E-state index contributed by atoms with van der Waals surface area (Å²) < 4.78 is 8.15. The van der Waals surface area contributed by atoms with Crippen molar-refractivity contribution in [3.8, 4) is 22.3 Å². The van der Waals surface area contributed by atoms with Gasteiger partial charge in [0.1, 0.15) is 0 Å². The first-order valence-electron chi connectivity index (χ1n) is 23.9. The zero-order valence-corrected chi connectivity index (χ0v) is 43.0. The second-order valence-corrected chi connectivity index (χ2v) is 25.2. The van der Waals surface area contributed by atoms with Crippen molar-refractivity contribution in [3.05, 3.63) is 173 Å². The third kappa shape index (κ3) is 6.46. The Morgan fingerprint density at radius 2 is 0.912 bits per heavy atom. The van der Waals surface area contributed by atoms with E-state index in [0.717, 1.165) is 0 Å². The van der Waals surface area contributed by atoms with E-state index in [9.17, 15) is 0 Å². The fourth-order valence-electron chi connectivity index (χ4n) is 10.8. The first kappa shape index (κ1) is 42.2. The molecule has 4 aromatic heterocycles. The molecule has 0 bridgehead atoms. The maximum Gasteiger partial charge on any atom is 0.277 e. The number of hydrogen-bond acceptors (Lipinski definition) is 6. The predicted octanol–water partition coefficient (Wildman–Crippen LogP) is 17.7. The summed E-state index contributed by atoms with van der Waals surface area (Å²) in [6.07, 6.45) is 0. The molecule has 0 atom stereocenters. The second kappa shape index (κ2) is 15.3. The quantitative estimate of drug-likeness (QED) is 0.159. The minimum absolute atomic E-state index is 0.00306. The summed E-state index contributed by atoms with van der Waals surface area (Å²) in [4.78, 5) is 5.34. The first-order chi connectivity index (χ1) is 32.8. The van der Waals surface area contributed by atoms with E-state index in [2.05, 4.69) is 222 Å². The van der Waals surface area contributed by atoms with Crippen molar-refractivity contribution in [1.29, 1.82) is 0 Å². The summed E-state index contributed by atoms with van der Waals surface area (Å²) in [7, 11) is 0. The molecule has 2 nitrogen and oxygen atoms in total. The van der Waals surface area contributed by atoms with Crippen LogP contribution in [0.25, 0.3) is 62.6 Å². The van der Waals surface area contributed by atoms with Crippen LogP contribution < -0.4 is 24.8 Å². The molecule has 332 valence electrons. The van der Waals surface area contributed by atoms with Gasteiger partial charge in [0.25, 0.3) is 6.71 Å². The Hall–Kier alpha value is -5.96. The van der Waals surface area contributed by atoms with Crippen LogP contribution in [0.1, 0.15) is 78.0 Å². The largest absolute Gasteiger partial charge is 0.310 e. The molecule has 68 heavy (non-hydrogen) atoms. The van der Waals surface area contributed by atoms with E-state index in [1.807, 2.05) is 45.3 Å². The summed E-state index contributed by atoms with van der Waals surface area (Å²) in [5, 5.41) is 9.98. The van der Waals surface area contributed by atoms with Gasteiger partial charge in [-0.1, -0.05) is 128 Å².